The van der Waals surface area contributed by atoms with E-state index in [0.29, 0.717) is 32.3 Å². The lowest BCUT2D eigenvalue weighted by Crippen LogP contribution is -2.39. The van der Waals surface area contributed by atoms with Crippen LogP contribution in [0.2, 0.25) is 0 Å². The lowest BCUT2D eigenvalue weighted by molar-refractivity contribution is -0.385. The third-order valence-electron chi connectivity index (χ3n) is 3.54. The van der Waals surface area contributed by atoms with Crippen LogP contribution in [0.15, 0.2) is 17.4 Å². The predicted octanol–water partition coefficient (Wildman–Crippen LogP) is 0.152. The van der Waals surface area contributed by atoms with Crippen LogP contribution in [-0.2, 0) is 16.0 Å². The lowest BCUT2D eigenvalue weighted by atomic mass is 10.3. The highest BCUT2D eigenvalue weighted by molar-refractivity contribution is 5.79. The van der Waals surface area contributed by atoms with Gasteiger partial charge in [-0.1, -0.05) is 0 Å². The Morgan fingerprint density at radius 1 is 1.58 bits per heavy atom. The molecule has 10 heteroatoms. The minimum Gasteiger partial charge on any atom is -0.379 e. The highest BCUT2D eigenvalue weighted by Gasteiger charge is 2.15. The molecule has 1 unspecified atom stereocenters. The van der Waals surface area contributed by atoms with Gasteiger partial charge in [-0.25, -0.2) is 0 Å². The molecule has 1 aliphatic heterocycles. The Hall–Kier alpha value is -2.20. The van der Waals surface area contributed by atoms with Gasteiger partial charge in [-0.05, 0) is 12.8 Å². The van der Waals surface area contributed by atoms with E-state index in [4.69, 9.17) is 9.47 Å². The van der Waals surface area contributed by atoms with Gasteiger partial charge in [0.1, 0.15) is 12.4 Å². The Morgan fingerprint density at radius 3 is 3.08 bits per heavy atom. The molecule has 0 bridgehead atoms. The number of nitrogens with one attached hydrogen (secondary N) is 2. The van der Waals surface area contributed by atoms with E-state index in [1.165, 1.54) is 17.1 Å². The molecule has 1 aromatic heterocycles. The van der Waals surface area contributed by atoms with Gasteiger partial charge in [0.15, 0.2) is 5.96 Å². The van der Waals surface area contributed by atoms with Crippen molar-refractivity contribution in [3.8, 4) is 0 Å². The summed E-state index contributed by atoms with van der Waals surface area (Å²) in [6.45, 7) is 4.00. The number of aliphatic imine (C=N–C) groups is 1. The van der Waals surface area contributed by atoms with Gasteiger partial charge in [-0.15, -0.1) is 0 Å². The van der Waals surface area contributed by atoms with Crippen LogP contribution < -0.4 is 10.6 Å². The normalized spacial score (nSPS) is 17.9. The zero-order chi connectivity index (χ0) is 17.2. The number of guanidine groups is 1. The fraction of sp³-hybridized carbons (Fsp3) is 0.714. The fourth-order valence-electron chi connectivity index (χ4n) is 2.25. The summed E-state index contributed by atoms with van der Waals surface area (Å²) in [6, 6.07) is 0. The molecule has 0 aliphatic carbocycles. The Balaban J connectivity index is 1.55. The molecule has 0 saturated carbocycles. The Labute approximate surface area is 140 Å². The second kappa shape index (κ2) is 9.83. The summed E-state index contributed by atoms with van der Waals surface area (Å²) in [6.07, 6.45) is 4.73. The molecule has 2 heterocycles. The van der Waals surface area contributed by atoms with E-state index >= 15 is 0 Å². The molecule has 1 aromatic rings. The average molecular weight is 340 g/mol. The smallest absolute Gasteiger partial charge is 0.306 e. The summed E-state index contributed by atoms with van der Waals surface area (Å²) in [5.74, 6) is 0.681. The van der Waals surface area contributed by atoms with Gasteiger partial charge in [0.2, 0.25) is 0 Å². The number of hydrogen-bond donors (Lipinski definition) is 2. The van der Waals surface area contributed by atoms with E-state index in [-0.39, 0.29) is 11.8 Å². The fourth-order valence-corrected chi connectivity index (χ4v) is 2.25. The van der Waals surface area contributed by atoms with Gasteiger partial charge in [0, 0.05) is 33.4 Å². The van der Waals surface area contributed by atoms with Crippen molar-refractivity contribution in [1.29, 1.82) is 0 Å². The first-order chi connectivity index (χ1) is 11.7. The zero-order valence-corrected chi connectivity index (χ0v) is 13.8. The van der Waals surface area contributed by atoms with Crippen molar-refractivity contribution in [2.24, 2.45) is 4.99 Å². The molecule has 2 N–H and O–H groups in total. The minimum absolute atomic E-state index is 0.00910. The summed E-state index contributed by atoms with van der Waals surface area (Å²) < 4.78 is 12.5. The quantitative estimate of drug-likeness (QED) is 0.216. The van der Waals surface area contributed by atoms with E-state index in [1.54, 1.807) is 7.05 Å². The predicted molar refractivity (Wildman–Crippen MR) is 88.0 cm³/mol. The number of ether oxygens (including phenoxy) is 2. The maximum Gasteiger partial charge on any atom is 0.306 e. The average Bonchev–Trinajstić information content (AvgIpc) is 3.24. The van der Waals surface area contributed by atoms with Crippen molar-refractivity contribution in [2.75, 3.05) is 40.0 Å². The molecule has 1 atom stereocenters. The molecule has 0 amide bonds. The molecule has 1 fully saturated rings. The summed E-state index contributed by atoms with van der Waals surface area (Å²) in [5, 5.41) is 20.9. The first-order valence-corrected chi connectivity index (χ1v) is 7.99. The highest BCUT2D eigenvalue weighted by atomic mass is 16.6. The van der Waals surface area contributed by atoms with E-state index in [2.05, 4.69) is 20.7 Å². The van der Waals surface area contributed by atoms with Gasteiger partial charge in [-0.2, -0.15) is 5.10 Å². The molecule has 1 saturated heterocycles. The standard InChI is InChI=1S/C14H24N6O4/c1-15-14(16-4-2-7-24-13-3-8-23-11-13)17-5-6-19-10-12(9-18-19)20(21)22/h9-10,13H,2-8,11H2,1H3,(H2,15,16,17). The lowest BCUT2D eigenvalue weighted by Gasteiger charge is -2.13. The third-order valence-corrected chi connectivity index (χ3v) is 3.54. The Kier molecular flexibility index (Phi) is 7.43. The van der Waals surface area contributed by atoms with Gasteiger partial charge >= 0.3 is 5.69 Å². The van der Waals surface area contributed by atoms with Crippen LogP contribution in [0.5, 0.6) is 0 Å². The van der Waals surface area contributed by atoms with E-state index < -0.39 is 4.92 Å². The van der Waals surface area contributed by atoms with Gasteiger partial charge in [-0.3, -0.25) is 19.8 Å². The topological polar surface area (TPSA) is 116 Å². The van der Waals surface area contributed by atoms with Crippen LogP contribution >= 0.6 is 0 Å². The second-order valence-electron chi connectivity index (χ2n) is 5.35. The zero-order valence-electron chi connectivity index (χ0n) is 13.8. The van der Waals surface area contributed by atoms with Crippen LogP contribution in [0.1, 0.15) is 12.8 Å². The Morgan fingerprint density at radius 2 is 2.42 bits per heavy atom. The van der Waals surface area contributed by atoms with Crippen LogP contribution in [0.4, 0.5) is 5.69 Å². The van der Waals surface area contributed by atoms with Crippen molar-refractivity contribution in [3.63, 3.8) is 0 Å². The molecule has 10 nitrogen and oxygen atoms in total. The van der Waals surface area contributed by atoms with Gasteiger partial charge < -0.3 is 20.1 Å². The molecule has 1 aliphatic rings. The van der Waals surface area contributed by atoms with Crippen molar-refractivity contribution in [2.45, 2.75) is 25.5 Å². The molecule has 24 heavy (non-hydrogen) atoms. The summed E-state index contributed by atoms with van der Waals surface area (Å²) in [7, 11) is 1.69. The van der Waals surface area contributed by atoms with Gasteiger partial charge in [0.05, 0.1) is 24.2 Å². The molecule has 134 valence electrons. The van der Waals surface area contributed by atoms with Crippen LogP contribution in [-0.4, -0.2) is 66.7 Å². The molecular weight excluding hydrogens is 316 g/mol. The van der Waals surface area contributed by atoms with Crippen LogP contribution in [0, 0.1) is 10.1 Å². The molecule has 2 rings (SSSR count). The molecule has 0 aromatic carbocycles. The monoisotopic (exact) mass is 340 g/mol. The van der Waals surface area contributed by atoms with Crippen molar-refractivity contribution < 1.29 is 14.4 Å². The van der Waals surface area contributed by atoms with Crippen LogP contribution in [0.25, 0.3) is 0 Å². The third kappa shape index (κ3) is 6.13. The first kappa shape index (κ1) is 18.1. The highest BCUT2D eigenvalue weighted by Crippen LogP contribution is 2.08. The van der Waals surface area contributed by atoms with E-state index in [1.807, 2.05) is 0 Å². The number of nitro groups is 1. The van der Waals surface area contributed by atoms with E-state index in [9.17, 15) is 10.1 Å². The number of hydrogen-bond acceptors (Lipinski definition) is 6. The van der Waals surface area contributed by atoms with Crippen molar-refractivity contribution in [1.82, 2.24) is 20.4 Å². The number of rotatable bonds is 9. The summed E-state index contributed by atoms with van der Waals surface area (Å²) in [5.41, 5.74) is -0.00910. The molecular formula is C14H24N6O4. The second-order valence-corrected chi connectivity index (χ2v) is 5.35. The Bertz CT molecular complexity index is 541. The number of aromatic nitrogens is 2. The minimum atomic E-state index is -0.461. The molecule has 0 radical (unpaired) electrons. The first-order valence-electron chi connectivity index (χ1n) is 7.99. The summed E-state index contributed by atoms with van der Waals surface area (Å²) >= 11 is 0. The maximum atomic E-state index is 10.6. The number of nitrogens with zero attached hydrogens (tertiary/aromatic N) is 4. The largest absolute Gasteiger partial charge is 0.379 e. The summed E-state index contributed by atoms with van der Waals surface area (Å²) in [4.78, 5) is 14.3. The van der Waals surface area contributed by atoms with E-state index in [0.717, 1.165) is 26.0 Å². The molecule has 0 spiro atoms. The van der Waals surface area contributed by atoms with Crippen molar-refractivity contribution in [3.05, 3.63) is 22.5 Å². The van der Waals surface area contributed by atoms with Crippen molar-refractivity contribution >= 4 is 11.6 Å². The van der Waals surface area contributed by atoms with Gasteiger partial charge in [0.25, 0.3) is 0 Å². The van der Waals surface area contributed by atoms with Crippen LogP contribution in [0.3, 0.4) is 0 Å². The maximum absolute atomic E-state index is 10.6. The SMILES string of the molecule is CN=C(NCCCOC1CCOC1)NCCn1cc([N+](=O)[O-])cn1.